The number of H-pyrrole nitrogens is 5. The lowest BCUT2D eigenvalue weighted by molar-refractivity contribution is 0.0522. The van der Waals surface area contributed by atoms with Gasteiger partial charge >= 0.3 is 5.97 Å². The highest BCUT2D eigenvalue weighted by Crippen LogP contribution is 2.39. The number of methoxy groups -OCH3 is 5. The van der Waals surface area contributed by atoms with Crippen molar-refractivity contribution in [1.29, 1.82) is 0 Å². The highest BCUT2D eigenvalue weighted by molar-refractivity contribution is 7.08. The van der Waals surface area contributed by atoms with Gasteiger partial charge in [0.15, 0.2) is 46.5 Å². The second-order valence-electron chi connectivity index (χ2n) is 31.6. The molecule has 40 heteroatoms. The Labute approximate surface area is 838 Å². The summed E-state index contributed by atoms with van der Waals surface area (Å²) >= 11 is 1.56. The summed E-state index contributed by atoms with van der Waals surface area (Å²) in [6.07, 6.45) is 24.1. The molecule has 0 bridgehead atoms. The molecule has 19 aromatic rings. The Morgan fingerprint density at radius 3 is 1.07 bits per heavy atom. The molecule has 9 heterocycles. The Balaban J connectivity index is 0.000000139. The first kappa shape index (κ1) is 103. The van der Waals surface area contributed by atoms with Crippen molar-refractivity contribution in [2.45, 2.75) is 33.1 Å². The summed E-state index contributed by atoms with van der Waals surface area (Å²) in [5, 5.41) is 53.6. The molecular formula is C108H85F10N17O12S. The number of rotatable bonds is 29. The number of nitrogens with one attached hydrogen (secondary N) is 9. The third-order valence-corrected chi connectivity index (χ3v) is 22.9. The van der Waals surface area contributed by atoms with Gasteiger partial charge in [-0.3, -0.25) is 54.6 Å². The van der Waals surface area contributed by atoms with E-state index < -0.39 is 64.1 Å². The number of halogens is 10. The van der Waals surface area contributed by atoms with E-state index in [9.17, 15) is 67.9 Å². The van der Waals surface area contributed by atoms with Gasteiger partial charge in [0.2, 0.25) is 5.89 Å². The summed E-state index contributed by atoms with van der Waals surface area (Å²) in [4.78, 5) is 75.3. The van der Waals surface area contributed by atoms with E-state index in [0.717, 1.165) is 71.4 Å². The van der Waals surface area contributed by atoms with Crippen molar-refractivity contribution in [1.82, 2.24) is 87.2 Å². The lowest BCUT2D eigenvalue weighted by Crippen LogP contribution is -2.23. The Bertz CT molecular complexity index is 7810. The summed E-state index contributed by atoms with van der Waals surface area (Å²) < 4.78 is 171. The number of ether oxygens (including phenoxy) is 6. The standard InChI is InChI=1S/2C23H18F2N4O2.C22H17F2N3O2S.C21H16F2N4O3.C19H16F2N2O3/c1-31-22-16(23(30)27-13-15-3-2-10-26-12-15)6-9-20-21(22)19(28-29-20)8-5-14-4-7-17(24)18(25)11-14;1-31-22-16(23(30)27-13-15-4-2-3-11-26-15)7-10-20-21(22)19(28-29-20)9-6-14-5-8-17(24)18(25)12-14;1-29-21-15(22(28)25-11-14-8-9-30-12-14)4-7-19-20(21)18(26-27-19)6-3-13-2-5-16(23)17(24)10-13;1-29-20-13(21(28)25-11-18-24-8-9-30-18)4-7-17-19(20)16(26-27-17)6-3-12-2-5-14(22)15(23)10-12;1-3-26-19(24)13-7-9-16-17(18(13)25-2)15(22-23-16)8-5-11-4-6-12(20)10-14(11)21/h2*2-12H,13H2,1H3,(H,27,30)(H,28,29);2-10,12H,11H2,1H3,(H,25,28)(H,26,27);2-10H,11H2,1H3,(H,25,28)(H,26,27);4-10H,3H2,1-2H3,(H,22,23)/b8-5+;9-6+;2*6-3+;8-5+. The monoisotopic (exact) mass is 2030 g/mol. The molecule has 10 aromatic carbocycles. The molecule has 0 aliphatic carbocycles. The van der Waals surface area contributed by atoms with Crippen LogP contribution < -0.4 is 45.0 Å². The highest BCUT2D eigenvalue weighted by atomic mass is 32.1. The lowest BCUT2D eigenvalue weighted by Gasteiger charge is -2.11. The Hall–Kier alpha value is -18.9. The van der Waals surface area contributed by atoms with Crippen LogP contribution in [0.2, 0.25) is 0 Å². The average Bonchev–Trinajstić information content (AvgIpc) is 1.64. The highest BCUT2D eigenvalue weighted by Gasteiger charge is 2.27. The minimum absolute atomic E-state index is 0.126. The van der Waals surface area contributed by atoms with Crippen molar-refractivity contribution in [3.8, 4) is 28.7 Å². The number of pyridine rings is 2. The Morgan fingerprint density at radius 2 is 0.730 bits per heavy atom. The summed E-state index contributed by atoms with van der Waals surface area (Å²) in [5.41, 5.74) is 12.2. The van der Waals surface area contributed by atoms with Crippen LogP contribution in [-0.2, 0) is 30.9 Å². The number of benzene rings is 10. The minimum Gasteiger partial charge on any atom is -0.495 e. The molecule has 0 unspecified atom stereocenters. The number of hydrogen-bond donors (Lipinski definition) is 9. The molecule has 9 N–H and O–H groups in total. The van der Waals surface area contributed by atoms with Crippen LogP contribution in [0.15, 0.2) is 234 Å². The predicted molar refractivity (Wildman–Crippen MR) is 540 cm³/mol. The van der Waals surface area contributed by atoms with Crippen LogP contribution in [0.5, 0.6) is 28.7 Å². The number of oxazole rings is 1. The molecule has 0 aliphatic heterocycles. The number of amides is 4. The quantitative estimate of drug-likeness (QED) is 0.0155. The summed E-state index contributed by atoms with van der Waals surface area (Å²) in [6.45, 7) is 3.09. The van der Waals surface area contributed by atoms with Gasteiger partial charge in [-0.2, -0.15) is 36.8 Å². The molecule has 9 aromatic heterocycles. The van der Waals surface area contributed by atoms with Gasteiger partial charge in [0.25, 0.3) is 23.6 Å². The maximum atomic E-state index is 13.8. The number of thiophene rings is 1. The molecule has 0 radical (unpaired) electrons. The zero-order valence-corrected chi connectivity index (χ0v) is 79.7. The lowest BCUT2D eigenvalue weighted by atomic mass is 10.1. The number of carbonyl (C=O) groups is 5. The predicted octanol–water partition coefficient (Wildman–Crippen LogP) is 21.8. The van der Waals surface area contributed by atoms with Crippen molar-refractivity contribution in [2.24, 2.45) is 0 Å². The molecular weight excluding hydrogens is 1950 g/mol. The summed E-state index contributed by atoms with van der Waals surface area (Å²) in [5.74, 6) is -8.33. The van der Waals surface area contributed by atoms with Crippen molar-refractivity contribution in [2.75, 3.05) is 42.2 Å². The molecule has 29 nitrogen and oxygen atoms in total. The van der Waals surface area contributed by atoms with Crippen LogP contribution in [0.1, 0.15) is 138 Å². The third-order valence-electron chi connectivity index (χ3n) is 22.2. The van der Waals surface area contributed by atoms with Gasteiger partial charge in [-0.15, -0.1) is 0 Å². The number of aromatic nitrogens is 13. The maximum Gasteiger partial charge on any atom is 0.341 e. The van der Waals surface area contributed by atoms with Crippen molar-refractivity contribution in [3.05, 3.63) is 395 Å². The van der Waals surface area contributed by atoms with Crippen LogP contribution in [0.4, 0.5) is 43.9 Å². The minimum atomic E-state index is -0.936. The molecule has 19 rings (SSSR count). The average molecular weight is 2040 g/mol. The van der Waals surface area contributed by atoms with Crippen LogP contribution in [-0.4, -0.2) is 138 Å². The van der Waals surface area contributed by atoms with E-state index in [2.05, 4.69) is 87.2 Å². The van der Waals surface area contributed by atoms with Crippen LogP contribution in [0.3, 0.4) is 0 Å². The smallest absolute Gasteiger partial charge is 0.341 e. The summed E-state index contributed by atoms with van der Waals surface area (Å²) in [7, 11) is 7.33. The molecule has 0 fully saturated rings. The van der Waals surface area contributed by atoms with Gasteiger partial charge in [0.1, 0.15) is 52.2 Å². The first-order valence-corrected chi connectivity index (χ1v) is 45.6. The van der Waals surface area contributed by atoms with Crippen LogP contribution in [0, 0.1) is 58.2 Å². The van der Waals surface area contributed by atoms with E-state index in [4.69, 9.17) is 32.8 Å². The first-order chi connectivity index (χ1) is 71.8. The molecule has 4 amide bonds. The SMILES string of the molecule is CCOC(=O)c1ccc2n[nH]c(/C=C/c3ccc(F)cc3F)c2c1OC.COc1c(C(=O)NCc2ccccn2)ccc2n[nH]c(/C=C/c3ccc(F)c(F)c3)c12.COc1c(C(=O)NCc2cccnc2)ccc2n[nH]c(/C=C/c3ccc(F)c(F)c3)c12.COc1c(C(=O)NCc2ccsc2)ccc2n[nH]c(/C=C/c3ccc(F)c(F)c3)c12.COc1c(C(=O)NCc2ncco2)ccc2n[nH]c(/C=C/c3ccc(F)c(F)c3)c12. The number of fused-ring (bicyclic) bond motifs is 5. The second kappa shape index (κ2) is 48.7. The summed E-state index contributed by atoms with van der Waals surface area (Å²) in [6, 6.07) is 45.5. The van der Waals surface area contributed by atoms with Gasteiger partial charge in [0.05, 0.1) is 172 Å². The zero-order chi connectivity index (χ0) is 104. The van der Waals surface area contributed by atoms with Crippen LogP contribution >= 0.6 is 11.3 Å². The van der Waals surface area contributed by atoms with E-state index >= 15 is 0 Å². The van der Waals surface area contributed by atoms with E-state index in [1.54, 1.807) is 164 Å². The van der Waals surface area contributed by atoms with Crippen molar-refractivity contribution in [3.63, 3.8) is 0 Å². The second-order valence-corrected chi connectivity index (χ2v) is 32.4. The number of aromatic amines is 5. The molecule has 148 heavy (non-hydrogen) atoms. The van der Waals surface area contributed by atoms with Gasteiger partial charge in [0, 0.05) is 43.3 Å². The topological polar surface area (TPSA) is 384 Å². The van der Waals surface area contributed by atoms with Gasteiger partial charge in [-0.1, -0.05) is 60.7 Å². The number of hydrogen-bond acceptors (Lipinski definition) is 21. The molecule has 750 valence electrons. The van der Waals surface area contributed by atoms with E-state index in [0.29, 0.717) is 175 Å². The molecule has 0 saturated heterocycles. The van der Waals surface area contributed by atoms with Crippen molar-refractivity contribution >= 4 is 156 Å². The number of nitrogens with zero attached hydrogens (tertiary/aromatic N) is 8. The van der Waals surface area contributed by atoms with Gasteiger partial charge in [-0.05, 0) is 233 Å². The van der Waals surface area contributed by atoms with E-state index in [1.807, 2.05) is 35.0 Å². The number of esters is 1. The molecule has 0 saturated carbocycles. The Kier molecular flexibility index (Phi) is 34.1. The number of carbonyl (C=O) groups excluding carboxylic acids is 5. The van der Waals surface area contributed by atoms with Gasteiger partial charge < -0.3 is 54.1 Å². The Morgan fingerprint density at radius 1 is 0.351 bits per heavy atom. The fourth-order valence-electron chi connectivity index (χ4n) is 15.1. The van der Waals surface area contributed by atoms with Crippen molar-refractivity contribution < 1.29 is 101 Å². The fraction of sp³-hybridized carbons (Fsp3) is 0.102. The zero-order valence-electron chi connectivity index (χ0n) is 78.9. The third kappa shape index (κ3) is 25.0. The molecule has 0 spiro atoms. The van der Waals surface area contributed by atoms with Gasteiger partial charge in [-0.25, -0.2) is 53.7 Å². The van der Waals surface area contributed by atoms with Crippen LogP contribution in [0.25, 0.3) is 115 Å². The molecule has 0 atom stereocenters. The largest absolute Gasteiger partial charge is 0.495 e. The van der Waals surface area contributed by atoms with E-state index in [1.165, 1.54) is 90.5 Å². The first-order valence-electron chi connectivity index (χ1n) is 44.7. The maximum absolute atomic E-state index is 13.8. The molecule has 0 aliphatic rings. The normalized spacial score (nSPS) is 11.2. The fourth-order valence-corrected chi connectivity index (χ4v) is 15.7. The van der Waals surface area contributed by atoms with E-state index in [-0.39, 0.29) is 54.5 Å².